The van der Waals surface area contributed by atoms with Crippen LogP contribution in [0.3, 0.4) is 0 Å². The van der Waals surface area contributed by atoms with E-state index < -0.39 is 0 Å². The van der Waals surface area contributed by atoms with Crippen molar-refractivity contribution in [1.29, 1.82) is 0 Å². The van der Waals surface area contributed by atoms with Crippen LogP contribution in [0.4, 0.5) is 5.69 Å². The van der Waals surface area contributed by atoms with Crippen LogP contribution >= 0.6 is 0 Å². The molecule has 1 aliphatic rings. The molecule has 8 nitrogen and oxygen atoms in total. The molecule has 1 unspecified atom stereocenters. The van der Waals surface area contributed by atoms with E-state index in [0.29, 0.717) is 30.3 Å². The molecule has 3 aromatic rings. The quantitative estimate of drug-likeness (QED) is 0.598. The molecule has 1 saturated heterocycles. The number of carbonyl (C=O) groups excluding carboxylic acids is 2. The fraction of sp³-hybridized carbons (Fsp3) is 0.217. The number of carbonyl (C=O) groups is 2. The molecular formula is C23H23N5O3. The summed E-state index contributed by atoms with van der Waals surface area (Å²) >= 11 is 0. The largest absolute Gasteiger partial charge is 0.454 e. The lowest BCUT2D eigenvalue weighted by atomic mass is 9.97. The van der Waals surface area contributed by atoms with Crippen LogP contribution in [0.1, 0.15) is 18.5 Å². The van der Waals surface area contributed by atoms with E-state index in [0.717, 1.165) is 18.5 Å². The van der Waals surface area contributed by atoms with Crippen molar-refractivity contribution in [3.8, 4) is 11.5 Å². The maximum absolute atomic E-state index is 12.9. The van der Waals surface area contributed by atoms with Gasteiger partial charge >= 0.3 is 0 Å². The number of piperidine rings is 1. The maximum atomic E-state index is 12.9. The molecule has 31 heavy (non-hydrogen) atoms. The van der Waals surface area contributed by atoms with Gasteiger partial charge in [0, 0.05) is 25.4 Å². The van der Waals surface area contributed by atoms with E-state index in [4.69, 9.17) is 4.74 Å². The molecule has 2 N–H and O–H groups in total. The van der Waals surface area contributed by atoms with E-state index >= 15 is 0 Å². The Hall–Kier alpha value is -3.94. The minimum Gasteiger partial charge on any atom is -0.454 e. The lowest BCUT2D eigenvalue weighted by Crippen LogP contribution is -2.43. The Morgan fingerprint density at radius 1 is 1.16 bits per heavy atom. The highest BCUT2D eigenvalue weighted by atomic mass is 16.5. The number of benzene rings is 1. The van der Waals surface area contributed by atoms with Gasteiger partial charge in [0.2, 0.25) is 11.8 Å². The third kappa shape index (κ3) is 5.36. The lowest BCUT2D eigenvalue weighted by molar-refractivity contribution is -0.130. The van der Waals surface area contributed by atoms with Gasteiger partial charge in [0.05, 0.1) is 36.0 Å². The zero-order valence-electron chi connectivity index (χ0n) is 16.9. The molecule has 0 radical (unpaired) electrons. The first-order chi connectivity index (χ1) is 15.2. The summed E-state index contributed by atoms with van der Waals surface area (Å²) in [4.78, 5) is 38.1. The van der Waals surface area contributed by atoms with Crippen LogP contribution in [0.25, 0.3) is 6.08 Å². The molecule has 0 bridgehead atoms. The van der Waals surface area contributed by atoms with Gasteiger partial charge in [-0.15, -0.1) is 0 Å². The first-order valence-corrected chi connectivity index (χ1v) is 10.1. The number of hydrogen-bond acceptors (Lipinski definition) is 5. The number of hydrogen-bond donors (Lipinski definition) is 2. The average molecular weight is 417 g/mol. The number of pyridine rings is 1. The van der Waals surface area contributed by atoms with Crippen LogP contribution in [-0.2, 0) is 9.59 Å². The summed E-state index contributed by atoms with van der Waals surface area (Å²) in [7, 11) is 0. The van der Waals surface area contributed by atoms with Crippen LogP contribution in [0.2, 0.25) is 0 Å². The van der Waals surface area contributed by atoms with Gasteiger partial charge < -0.3 is 19.9 Å². The van der Waals surface area contributed by atoms with Crippen molar-refractivity contribution in [2.24, 2.45) is 5.92 Å². The zero-order chi connectivity index (χ0) is 21.5. The van der Waals surface area contributed by atoms with Crippen LogP contribution in [0, 0.1) is 5.92 Å². The van der Waals surface area contributed by atoms with E-state index in [-0.39, 0.29) is 17.7 Å². The van der Waals surface area contributed by atoms with Gasteiger partial charge in [-0.25, -0.2) is 4.98 Å². The van der Waals surface area contributed by atoms with Gasteiger partial charge in [-0.2, -0.15) is 0 Å². The summed E-state index contributed by atoms with van der Waals surface area (Å²) in [5.74, 6) is 0.590. The third-order valence-electron chi connectivity index (χ3n) is 5.04. The Bertz CT molecular complexity index is 1050. The molecule has 4 rings (SSSR count). The highest BCUT2D eigenvalue weighted by Gasteiger charge is 2.28. The smallest absolute Gasteiger partial charge is 0.246 e. The van der Waals surface area contributed by atoms with Crippen molar-refractivity contribution in [2.75, 3.05) is 18.4 Å². The lowest BCUT2D eigenvalue weighted by Gasteiger charge is -2.31. The second-order valence-electron chi connectivity index (χ2n) is 7.24. The SMILES string of the molecule is O=C(Nc1ccccc1Oc1cccnc1)C1CCCN(C(=O)C=Cc2cnc[nH]2)C1. The Morgan fingerprint density at radius 3 is 2.87 bits per heavy atom. The topological polar surface area (TPSA) is 100 Å². The summed E-state index contributed by atoms with van der Waals surface area (Å²) in [6.45, 7) is 1.01. The van der Waals surface area contributed by atoms with Gasteiger partial charge in [0.1, 0.15) is 5.75 Å². The van der Waals surface area contributed by atoms with Gasteiger partial charge in [-0.1, -0.05) is 12.1 Å². The second-order valence-corrected chi connectivity index (χ2v) is 7.24. The number of likely N-dealkylation sites (tertiary alicyclic amines) is 1. The van der Waals surface area contributed by atoms with E-state index in [2.05, 4.69) is 20.3 Å². The summed E-state index contributed by atoms with van der Waals surface area (Å²) in [6.07, 6.45) is 11.2. The normalized spacial score (nSPS) is 16.3. The van der Waals surface area contributed by atoms with Crippen molar-refractivity contribution < 1.29 is 14.3 Å². The number of para-hydroxylation sites is 2. The van der Waals surface area contributed by atoms with E-state index in [1.54, 1.807) is 60.2 Å². The van der Waals surface area contributed by atoms with Crippen molar-refractivity contribution in [1.82, 2.24) is 19.9 Å². The number of nitrogens with one attached hydrogen (secondary N) is 2. The Morgan fingerprint density at radius 2 is 2.06 bits per heavy atom. The van der Waals surface area contributed by atoms with Crippen LogP contribution < -0.4 is 10.1 Å². The van der Waals surface area contributed by atoms with Gasteiger partial charge in [0.25, 0.3) is 0 Å². The van der Waals surface area contributed by atoms with Crippen molar-refractivity contribution in [2.45, 2.75) is 12.8 Å². The molecule has 0 saturated carbocycles. The third-order valence-corrected chi connectivity index (χ3v) is 5.04. The Kier molecular flexibility index (Phi) is 6.37. The second kappa shape index (κ2) is 9.71. The van der Waals surface area contributed by atoms with Gasteiger partial charge in [-0.3, -0.25) is 14.6 Å². The number of imidazole rings is 1. The molecule has 0 spiro atoms. The summed E-state index contributed by atoms with van der Waals surface area (Å²) in [5.41, 5.74) is 1.34. The number of ether oxygens (including phenoxy) is 1. The number of aromatic amines is 1. The van der Waals surface area contributed by atoms with Crippen molar-refractivity contribution in [3.05, 3.63) is 73.1 Å². The monoisotopic (exact) mass is 417 g/mol. The molecule has 8 heteroatoms. The number of nitrogens with zero attached hydrogens (tertiary/aromatic N) is 3. The maximum Gasteiger partial charge on any atom is 0.246 e. The van der Waals surface area contributed by atoms with Gasteiger partial charge in [0.15, 0.2) is 5.75 Å². The molecule has 158 valence electrons. The average Bonchev–Trinajstić information content (AvgIpc) is 3.33. The molecule has 1 atom stereocenters. The highest BCUT2D eigenvalue weighted by Crippen LogP contribution is 2.30. The minimum absolute atomic E-state index is 0.118. The standard InChI is InChI=1S/C23H23N5O3/c29-22(10-9-18-13-25-16-26-18)28-12-4-5-17(15-28)23(30)27-20-7-1-2-8-21(20)31-19-6-3-11-24-14-19/h1-3,6-11,13-14,16-17H,4-5,12,15H2,(H,25,26)(H,27,30). The van der Waals surface area contributed by atoms with Gasteiger partial charge in [-0.05, 0) is 43.2 Å². The van der Waals surface area contributed by atoms with Crippen molar-refractivity contribution in [3.63, 3.8) is 0 Å². The molecule has 1 aromatic carbocycles. The highest BCUT2D eigenvalue weighted by molar-refractivity contribution is 5.95. The number of aromatic nitrogens is 3. The first kappa shape index (κ1) is 20.3. The van der Waals surface area contributed by atoms with Crippen LogP contribution in [0.5, 0.6) is 11.5 Å². The summed E-state index contributed by atoms with van der Waals surface area (Å²) in [5, 5.41) is 2.96. The number of rotatable bonds is 6. The minimum atomic E-state index is -0.287. The van der Waals surface area contributed by atoms with E-state index in [9.17, 15) is 9.59 Å². The first-order valence-electron chi connectivity index (χ1n) is 10.1. The number of amides is 2. The van der Waals surface area contributed by atoms with E-state index in [1.165, 1.54) is 6.08 Å². The predicted molar refractivity (Wildman–Crippen MR) is 116 cm³/mol. The number of H-pyrrole nitrogens is 1. The molecule has 1 aliphatic heterocycles. The fourth-order valence-corrected chi connectivity index (χ4v) is 3.44. The van der Waals surface area contributed by atoms with Crippen LogP contribution in [0.15, 0.2) is 67.4 Å². The zero-order valence-corrected chi connectivity index (χ0v) is 16.9. The summed E-state index contributed by atoms with van der Waals surface area (Å²) < 4.78 is 5.87. The Balaban J connectivity index is 1.39. The Labute approximate surface area is 180 Å². The molecule has 0 aliphatic carbocycles. The molecule has 2 aromatic heterocycles. The van der Waals surface area contributed by atoms with E-state index in [1.807, 2.05) is 12.1 Å². The predicted octanol–water partition coefficient (Wildman–Crippen LogP) is 3.49. The molecule has 1 fully saturated rings. The summed E-state index contributed by atoms with van der Waals surface area (Å²) in [6, 6.07) is 10.8. The molecule has 3 heterocycles. The van der Waals surface area contributed by atoms with Crippen LogP contribution in [-0.4, -0.2) is 44.8 Å². The molecular weight excluding hydrogens is 394 g/mol. The van der Waals surface area contributed by atoms with Crippen molar-refractivity contribution >= 4 is 23.6 Å². The fourth-order valence-electron chi connectivity index (χ4n) is 3.44. The molecule has 2 amide bonds. The number of anilines is 1.